The van der Waals surface area contributed by atoms with Crippen LogP contribution in [0.1, 0.15) is 31.9 Å². The van der Waals surface area contributed by atoms with Gasteiger partial charge in [-0.3, -0.25) is 5.10 Å². The van der Waals surface area contributed by atoms with Crippen LogP contribution in [0.3, 0.4) is 0 Å². The molecule has 1 saturated heterocycles. The van der Waals surface area contributed by atoms with Gasteiger partial charge in [0.05, 0.1) is 6.54 Å². The zero-order valence-electron chi connectivity index (χ0n) is 14.0. The second-order valence-corrected chi connectivity index (χ2v) is 7.28. The van der Waals surface area contributed by atoms with Gasteiger partial charge in [-0.15, -0.1) is 5.10 Å². The predicted molar refractivity (Wildman–Crippen MR) is 93.2 cm³/mol. The zero-order chi connectivity index (χ0) is 17.0. The van der Waals surface area contributed by atoms with Crippen LogP contribution in [0.15, 0.2) is 24.4 Å². The van der Waals surface area contributed by atoms with E-state index in [9.17, 15) is 4.39 Å². The average Bonchev–Trinajstić information content (AvgIpc) is 3.06. The number of aromatic nitrogens is 5. The molecule has 2 N–H and O–H groups in total. The van der Waals surface area contributed by atoms with E-state index in [0.717, 1.165) is 17.0 Å². The third kappa shape index (κ3) is 2.52. The fourth-order valence-corrected chi connectivity index (χ4v) is 3.32. The molecule has 130 valence electrons. The molecule has 0 aromatic carbocycles. The van der Waals surface area contributed by atoms with Crippen molar-refractivity contribution in [3.8, 4) is 0 Å². The maximum atomic E-state index is 13.5. The summed E-state index contributed by atoms with van der Waals surface area (Å²) in [5.74, 6) is 1.95. The van der Waals surface area contributed by atoms with Crippen molar-refractivity contribution in [2.24, 2.45) is 0 Å². The van der Waals surface area contributed by atoms with Gasteiger partial charge >= 0.3 is 0 Å². The van der Waals surface area contributed by atoms with Crippen molar-refractivity contribution in [2.45, 2.75) is 37.8 Å². The molecule has 1 atom stereocenters. The number of hydrogen-bond acceptors (Lipinski definition) is 5. The highest BCUT2D eigenvalue weighted by atomic mass is 19.1. The molecule has 1 aliphatic heterocycles. The van der Waals surface area contributed by atoms with Crippen molar-refractivity contribution >= 4 is 23.1 Å². The lowest BCUT2D eigenvalue weighted by atomic mass is 10.1. The number of H-pyrrole nitrogens is 1. The normalized spacial score (nSPS) is 21.8. The van der Waals surface area contributed by atoms with Crippen LogP contribution >= 0.6 is 0 Å². The van der Waals surface area contributed by atoms with Crippen LogP contribution in [0.25, 0.3) is 5.52 Å². The van der Waals surface area contributed by atoms with Gasteiger partial charge in [0, 0.05) is 29.9 Å². The Bertz CT molecular complexity index is 926. The summed E-state index contributed by atoms with van der Waals surface area (Å²) < 4.78 is 15.3. The third-order valence-corrected chi connectivity index (χ3v) is 5.27. The lowest BCUT2D eigenvalue weighted by molar-refractivity contribution is 0.364. The van der Waals surface area contributed by atoms with E-state index >= 15 is 0 Å². The van der Waals surface area contributed by atoms with Crippen molar-refractivity contribution < 1.29 is 4.39 Å². The van der Waals surface area contributed by atoms with E-state index in [-0.39, 0.29) is 5.41 Å². The Morgan fingerprint density at radius 2 is 2.28 bits per heavy atom. The summed E-state index contributed by atoms with van der Waals surface area (Å²) in [7, 11) is 0. The van der Waals surface area contributed by atoms with E-state index < -0.39 is 6.17 Å². The Morgan fingerprint density at radius 3 is 3.04 bits per heavy atom. The largest absolute Gasteiger partial charge is 0.336 e. The molecule has 1 saturated carbocycles. The summed E-state index contributed by atoms with van der Waals surface area (Å²) in [6.45, 7) is 3.22. The van der Waals surface area contributed by atoms with E-state index in [1.165, 1.54) is 12.8 Å². The van der Waals surface area contributed by atoms with Crippen molar-refractivity contribution in [3.63, 3.8) is 0 Å². The summed E-state index contributed by atoms with van der Waals surface area (Å²) in [4.78, 5) is 6.52. The van der Waals surface area contributed by atoms with Crippen LogP contribution in [-0.4, -0.2) is 44.1 Å². The number of nitrogens with one attached hydrogen (secondary N) is 2. The first-order valence-electron chi connectivity index (χ1n) is 8.68. The summed E-state index contributed by atoms with van der Waals surface area (Å²) >= 11 is 0. The molecule has 3 aromatic heterocycles. The molecule has 5 rings (SSSR count). The smallest absolute Gasteiger partial charge is 0.245 e. The number of halogens is 1. The van der Waals surface area contributed by atoms with Crippen LogP contribution in [0.2, 0.25) is 0 Å². The van der Waals surface area contributed by atoms with Crippen molar-refractivity contribution in [3.05, 3.63) is 30.1 Å². The molecule has 0 radical (unpaired) electrons. The molecule has 7 nitrogen and oxygen atoms in total. The van der Waals surface area contributed by atoms with Gasteiger partial charge in [0.1, 0.15) is 11.7 Å². The Morgan fingerprint density at radius 1 is 1.40 bits per heavy atom. The molecule has 1 aliphatic carbocycles. The van der Waals surface area contributed by atoms with Crippen molar-refractivity contribution in [1.29, 1.82) is 0 Å². The Balaban J connectivity index is 1.49. The Kier molecular flexibility index (Phi) is 3.04. The zero-order valence-corrected chi connectivity index (χ0v) is 14.0. The average molecular weight is 341 g/mol. The number of rotatable bonds is 4. The van der Waals surface area contributed by atoms with Crippen molar-refractivity contribution in [1.82, 2.24) is 24.8 Å². The van der Waals surface area contributed by atoms with E-state index in [4.69, 9.17) is 0 Å². The lowest BCUT2D eigenvalue weighted by Crippen LogP contribution is -2.23. The highest BCUT2D eigenvalue weighted by Crippen LogP contribution is 2.47. The van der Waals surface area contributed by atoms with E-state index in [1.807, 2.05) is 29.3 Å². The van der Waals surface area contributed by atoms with Gasteiger partial charge in [0.15, 0.2) is 11.6 Å². The highest BCUT2D eigenvalue weighted by molar-refractivity contribution is 5.73. The van der Waals surface area contributed by atoms with Crippen LogP contribution in [0.5, 0.6) is 0 Å². The number of hydrogen-bond donors (Lipinski definition) is 2. The summed E-state index contributed by atoms with van der Waals surface area (Å²) in [5.41, 5.74) is 2.25. The molecule has 0 amide bonds. The minimum absolute atomic E-state index is 0.236. The number of aromatic amines is 1. The minimum atomic E-state index is -0.812. The molecule has 0 spiro atoms. The SMILES string of the molecule is CC1(c2cc(Nc3nc(N4CC[C@@H](F)C4)nn4cccc34)n[nH]2)CC1. The third-order valence-electron chi connectivity index (χ3n) is 5.27. The maximum Gasteiger partial charge on any atom is 0.245 e. The van der Waals surface area contributed by atoms with Gasteiger partial charge in [-0.2, -0.15) is 10.1 Å². The van der Waals surface area contributed by atoms with Gasteiger partial charge in [0.2, 0.25) is 5.95 Å². The first-order chi connectivity index (χ1) is 12.1. The standard InChI is InChI=1S/C17H20FN7/c1-17(5-6-17)13-9-14(22-21-13)19-15-12-3-2-7-25(12)23-16(20-15)24-8-4-11(18)10-24/h2-3,7,9,11H,4-6,8,10H2,1H3,(H2,19,20,21,22,23)/t11-/m1/s1. The van der Waals surface area contributed by atoms with Gasteiger partial charge in [-0.1, -0.05) is 6.92 Å². The monoisotopic (exact) mass is 341 g/mol. The molecule has 0 bridgehead atoms. The van der Waals surface area contributed by atoms with Crippen molar-refractivity contribution in [2.75, 3.05) is 23.3 Å². The minimum Gasteiger partial charge on any atom is -0.336 e. The number of nitrogens with zero attached hydrogens (tertiary/aromatic N) is 5. The summed E-state index contributed by atoms with van der Waals surface area (Å²) in [6, 6.07) is 5.91. The van der Waals surface area contributed by atoms with Gasteiger partial charge < -0.3 is 10.2 Å². The Hall–Kier alpha value is -2.64. The fourth-order valence-electron chi connectivity index (χ4n) is 3.32. The summed E-state index contributed by atoms with van der Waals surface area (Å²) in [6.07, 6.45) is 3.96. The number of anilines is 3. The lowest BCUT2D eigenvalue weighted by Gasteiger charge is -2.16. The predicted octanol–water partition coefficient (Wildman–Crippen LogP) is 2.80. The van der Waals surface area contributed by atoms with E-state index in [1.54, 1.807) is 4.52 Å². The molecule has 0 unspecified atom stereocenters. The first kappa shape index (κ1) is 14.7. The van der Waals surface area contributed by atoms with E-state index in [2.05, 4.69) is 32.5 Å². The molecule has 2 aliphatic rings. The molecule has 8 heteroatoms. The second kappa shape index (κ2) is 5.18. The molecule has 25 heavy (non-hydrogen) atoms. The second-order valence-electron chi connectivity index (χ2n) is 7.28. The highest BCUT2D eigenvalue weighted by Gasteiger charge is 2.40. The van der Waals surface area contributed by atoms with Crippen LogP contribution in [0, 0.1) is 0 Å². The molecule has 3 aromatic rings. The topological polar surface area (TPSA) is 74.1 Å². The van der Waals surface area contributed by atoms with Crippen LogP contribution < -0.4 is 10.2 Å². The number of fused-ring (bicyclic) bond motifs is 1. The van der Waals surface area contributed by atoms with Crippen LogP contribution in [0.4, 0.5) is 22.0 Å². The van der Waals surface area contributed by atoms with Gasteiger partial charge in [-0.05, 0) is 31.4 Å². The number of alkyl halides is 1. The van der Waals surface area contributed by atoms with Gasteiger partial charge in [0.25, 0.3) is 0 Å². The molecule has 2 fully saturated rings. The Labute approximate surface area is 144 Å². The summed E-state index contributed by atoms with van der Waals surface area (Å²) in [5, 5.41) is 15.3. The first-order valence-corrected chi connectivity index (χ1v) is 8.68. The molecular weight excluding hydrogens is 321 g/mol. The maximum absolute atomic E-state index is 13.5. The quantitative estimate of drug-likeness (QED) is 0.763. The van der Waals surface area contributed by atoms with E-state index in [0.29, 0.717) is 31.3 Å². The molecule has 4 heterocycles. The fraction of sp³-hybridized carbons (Fsp3) is 0.471. The van der Waals surface area contributed by atoms with Gasteiger partial charge in [-0.25, -0.2) is 8.91 Å². The molecular formula is C17H20FN7. The van der Waals surface area contributed by atoms with Crippen LogP contribution in [-0.2, 0) is 5.41 Å².